The van der Waals surface area contributed by atoms with Crippen molar-refractivity contribution >= 4 is 17.7 Å². The van der Waals surface area contributed by atoms with Gasteiger partial charge in [-0.25, -0.2) is 4.39 Å². The average molecular weight is 484 g/mol. The summed E-state index contributed by atoms with van der Waals surface area (Å²) in [4.78, 5) is 15.0. The molecule has 1 N–H and O–H groups in total. The second-order valence-corrected chi connectivity index (χ2v) is 9.12. The van der Waals surface area contributed by atoms with Crippen molar-refractivity contribution in [2.75, 3.05) is 38.6 Å². The minimum atomic E-state index is -0.269. The molecule has 0 aliphatic carbocycles. The number of rotatable bonds is 9. The molecule has 0 spiro atoms. The van der Waals surface area contributed by atoms with Gasteiger partial charge in [0.05, 0.1) is 25.0 Å². The van der Waals surface area contributed by atoms with E-state index in [4.69, 9.17) is 4.74 Å². The Kier molecular flexibility index (Phi) is 8.31. The smallest absolute Gasteiger partial charge is 0.230 e. The molecule has 1 fully saturated rings. The van der Waals surface area contributed by atoms with Gasteiger partial charge in [0.25, 0.3) is 0 Å². The van der Waals surface area contributed by atoms with Crippen LogP contribution < -0.4 is 5.32 Å². The Morgan fingerprint density at radius 3 is 2.59 bits per heavy atom. The molecule has 2 aromatic carbocycles. The lowest BCUT2D eigenvalue weighted by Crippen LogP contribution is -2.44. The predicted molar refractivity (Wildman–Crippen MR) is 131 cm³/mol. The number of thioether (sulfide) groups is 1. The summed E-state index contributed by atoms with van der Waals surface area (Å²) >= 11 is 1.38. The van der Waals surface area contributed by atoms with Crippen molar-refractivity contribution in [2.45, 2.75) is 31.6 Å². The molecule has 1 aliphatic heterocycles. The topological polar surface area (TPSA) is 72.3 Å². The Hall–Kier alpha value is -2.75. The van der Waals surface area contributed by atoms with Crippen molar-refractivity contribution in [3.8, 4) is 11.4 Å². The molecule has 0 saturated carbocycles. The predicted octanol–water partition coefficient (Wildman–Crippen LogP) is 3.69. The lowest BCUT2D eigenvalue weighted by molar-refractivity contribution is -0.118. The molecule has 1 aliphatic rings. The van der Waals surface area contributed by atoms with Crippen LogP contribution in [0.5, 0.6) is 0 Å². The number of benzene rings is 2. The van der Waals surface area contributed by atoms with E-state index in [9.17, 15) is 9.18 Å². The molecule has 0 radical (unpaired) electrons. The van der Waals surface area contributed by atoms with E-state index in [0.29, 0.717) is 26.3 Å². The lowest BCUT2D eigenvalue weighted by atomic mass is 10.0. The number of ether oxygens (including phenoxy) is 1. The van der Waals surface area contributed by atoms with Crippen molar-refractivity contribution in [1.82, 2.24) is 25.0 Å². The van der Waals surface area contributed by atoms with Crippen molar-refractivity contribution < 1.29 is 13.9 Å². The number of nitrogens with one attached hydrogen (secondary N) is 1. The maximum atomic E-state index is 13.4. The monoisotopic (exact) mass is 483 g/mol. The van der Waals surface area contributed by atoms with Crippen LogP contribution in [-0.4, -0.2) is 64.2 Å². The van der Waals surface area contributed by atoms with Gasteiger partial charge in [-0.2, -0.15) is 0 Å². The minimum Gasteiger partial charge on any atom is -0.379 e. The summed E-state index contributed by atoms with van der Waals surface area (Å²) in [6, 6.07) is 14.5. The van der Waals surface area contributed by atoms with Gasteiger partial charge in [0, 0.05) is 31.7 Å². The molecule has 1 saturated heterocycles. The van der Waals surface area contributed by atoms with Crippen molar-refractivity contribution in [1.29, 1.82) is 0 Å². The molecule has 2 heterocycles. The number of nitrogens with zero attached hydrogens (tertiary/aromatic N) is 4. The van der Waals surface area contributed by atoms with Gasteiger partial charge >= 0.3 is 0 Å². The summed E-state index contributed by atoms with van der Waals surface area (Å²) in [5.41, 5.74) is 3.15. The van der Waals surface area contributed by atoms with Gasteiger partial charge < -0.3 is 14.6 Å². The summed E-state index contributed by atoms with van der Waals surface area (Å²) in [5, 5.41) is 12.5. The van der Waals surface area contributed by atoms with Crippen LogP contribution in [0.25, 0.3) is 11.4 Å². The van der Waals surface area contributed by atoms with Gasteiger partial charge in [0.1, 0.15) is 5.82 Å². The number of morpholine rings is 1. The minimum absolute atomic E-state index is 0.0367. The maximum Gasteiger partial charge on any atom is 0.230 e. The molecule has 7 nitrogen and oxygen atoms in total. The van der Waals surface area contributed by atoms with Crippen LogP contribution >= 0.6 is 11.8 Å². The fraction of sp³-hybridized carbons (Fsp3) is 0.400. The van der Waals surface area contributed by atoms with Gasteiger partial charge in [-0.1, -0.05) is 48.2 Å². The van der Waals surface area contributed by atoms with Crippen LogP contribution in [-0.2, 0) is 16.1 Å². The highest BCUT2D eigenvalue weighted by Gasteiger charge is 2.23. The van der Waals surface area contributed by atoms with Crippen LogP contribution in [0.4, 0.5) is 4.39 Å². The molecule has 4 rings (SSSR count). The fourth-order valence-corrected chi connectivity index (χ4v) is 4.96. The number of hydrogen-bond donors (Lipinski definition) is 1. The molecule has 1 atom stereocenters. The third kappa shape index (κ3) is 5.84. The summed E-state index contributed by atoms with van der Waals surface area (Å²) < 4.78 is 21.0. The van der Waals surface area contributed by atoms with E-state index in [1.54, 1.807) is 12.1 Å². The third-order valence-corrected chi connectivity index (χ3v) is 6.95. The quantitative estimate of drug-likeness (QED) is 0.468. The number of amides is 1. The van der Waals surface area contributed by atoms with Crippen molar-refractivity contribution in [3.63, 3.8) is 0 Å². The van der Waals surface area contributed by atoms with E-state index in [1.165, 1.54) is 23.9 Å². The number of carbonyl (C=O) groups excluding carboxylic acids is 1. The van der Waals surface area contributed by atoms with E-state index in [1.807, 2.05) is 29.7 Å². The van der Waals surface area contributed by atoms with Crippen LogP contribution in [0.2, 0.25) is 0 Å². The largest absolute Gasteiger partial charge is 0.379 e. The highest BCUT2D eigenvalue weighted by molar-refractivity contribution is 7.99. The first-order valence-corrected chi connectivity index (χ1v) is 12.5. The Morgan fingerprint density at radius 2 is 1.88 bits per heavy atom. The molecule has 180 valence electrons. The Labute approximate surface area is 203 Å². The number of aromatic nitrogens is 3. The zero-order chi connectivity index (χ0) is 23.9. The first kappa shape index (κ1) is 24.4. The Balaban J connectivity index is 1.39. The highest BCUT2D eigenvalue weighted by Crippen LogP contribution is 2.26. The standard InChI is InChI=1S/C25H30FN5O2S/c1-3-31-24(21-7-5-4-6-18(21)2)28-29-25(31)34-17-23(32)27-16-22(30-12-14-33-15-13-30)19-8-10-20(26)11-9-19/h4-11,22H,3,12-17H2,1-2H3,(H,27,32). The second-order valence-electron chi connectivity index (χ2n) is 8.17. The third-order valence-electron chi connectivity index (χ3n) is 5.99. The summed E-state index contributed by atoms with van der Waals surface area (Å²) in [6.45, 7) is 8.10. The molecular weight excluding hydrogens is 453 g/mol. The van der Waals surface area contributed by atoms with Gasteiger partial charge in [-0.15, -0.1) is 10.2 Å². The lowest BCUT2D eigenvalue weighted by Gasteiger charge is -2.35. The summed E-state index contributed by atoms with van der Waals surface area (Å²) in [5.74, 6) is 0.709. The molecule has 0 bridgehead atoms. The number of aryl methyl sites for hydroxylation is 1. The Bertz CT molecular complexity index is 1100. The molecule has 1 amide bonds. The molecule has 9 heteroatoms. The molecular formula is C25H30FN5O2S. The second kappa shape index (κ2) is 11.6. The normalized spacial score (nSPS) is 15.3. The van der Waals surface area contributed by atoms with E-state index in [-0.39, 0.29) is 23.5 Å². The van der Waals surface area contributed by atoms with Gasteiger partial charge in [0.2, 0.25) is 5.91 Å². The molecule has 3 aromatic rings. The zero-order valence-corrected chi connectivity index (χ0v) is 20.4. The number of carbonyl (C=O) groups is 1. The van der Waals surface area contributed by atoms with E-state index < -0.39 is 0 Å². The number of hydrogen-bond acceptors (Lipinski definition) is 6. The van der Waals surface area contributed by atoms with Crippen LogP contribution in [0.3, 0.4) is 0 Å². The fourth-order valence-electron chi connectivity index (χ4n) is 4.13. The van der Waals surface area contributed by atoms with E-state index in [0.717, 1.165) is 40.8 Å². The average Bonchev–Trinajstić information content (AvgIpc) is 3.27. The van der Waals surface area contributed by atoms with Crippen molar-refractivity contribution in [2.24, 2.45) is 0 Å². The Morgan fingerprint density at radius 1 is 1.15 bits per heavy atom. The first-order valence-electron chi connectivity index (χ1n) is 11.5. The molecule has 1 unspecified atom stereocenters. The van der Waals surface area contributed by atoms with Gasteiger partial charge in [-0.05, 0) is 37.1 Å². The molecule has 1 aromatic heterocycles. The number of halogens is 1. The van der Waals surface area contributed by atoms with Crippen LogP contribution in [0, 0.1) is 12.7 Å². The first-order chi connectivity index (χ1) is 16.6. The maximum absolute atomic E-state index is 13.4. The van der Waals surface area contributed by atoms with Crippen LogP contribution in [0.15, 0.2) is 53.7 Å². The van der Waals surface area contributed by atoms with Crippen molar-refractivity contribution in [3.05, 3.63) is 65.5 Å². The summed E-state index contributed by atoms with van der Waals surface area (Å²) in [6.07, 6.45) is 0. The highest BCUT2D eigenvalue weighted by atomic mass is 32.2. The van der Waals surface area contributed by atoms with Gasteiger partial charge in [-0.3, -0.25) is 9.69 Å². The van der Waals surface area contributed by atoms with E-state index >= 15 is 0 Å². The summed E-state index contributed by atoms with van der Waals surface area (Å²) in [7, 11) is 0. The van der Waals surface area contributed by atoms with Gasteiger partial charge in [0.15, 0.2) is 11.0 Å². The van der Waals surface area contributed by atoms with Crippen LogP contribution in [0.1, 0.15) is 24.1 Å². The SMILES string of the molecule is CCn1c(SCC(=O)NCC(c2ccc(F)cc2)N2CCOCC2)nnc1-c1ccccc1C. The van der Waals surface area contributed by atoms with E-state index in [2.05, 4.69) is 33.4 Å². The zero-order valence-electron chi connectivity index (χ0n) is 19.5. The molecule has 34 heavy (non-hydrogen) atoms.